The van der Waals surface area contributed by atoms with Crippen LogP contribution in [0, 0.1) is 22.7 Å². The quantitative estimate of drug-likeness (QED) is 0.852. The first-order valence-electron chi connectivity index (χ1n) is 7.29. The van der Waals surface area contributed by atoms with Crippen LogP contribution in [0.25, 0.3) is 5.76 Å². The van der Waals surface area contributed by atoms with Gasteiger partial charge >= 0.3 is 0 Å². The van der Waals surface area contributed by atoms with Gasteiger partial charge in [0.15, 0.2) is 0 Å². The predicted octanol–water partition coefficient (Wildman–Crippen LogP) is 4.34. The summed E-state index contributed by atoms with van der Waals surface area (Å²) in [6.07, 6.45) is 1.85. The van der Waals surface area contributed by atoms with E-state index in [1.165, 1.54) is 11.1 Å². The Balaban J connectivity index is 1.92. The fourth-order valence-electron chi connectivity index (χ4n) is 3.44. The van der Waals surface area contributed by atoms with Gasteiger partial charge in [0.25, 0.3) is 0 Å². The molecular formula is C18H14N2OS. The van der Waals surface area contributed by atoms with Crippen molar-refractivity contribution < 1.29 is 4.74 Å². The summed E-state index contributed by atoms with van der Waals surface area (Å²) in [5.74, 6) is 0.281. The minimum Gasteiger partial charge on any atom is -0.442 e. The van der Waals surface area contributed by atoms with Crippen LogP contribution in [0.2, 0.25) is 0 Å². The Morgan fingerprint density at radius 1 is 1.23 bits per heavy atom. The smallest absolute Gasteiger partial charge is 0.205 e. The molecule has 1 aliphatic carbocycles. The Kier molecular flexibility index (Phi) is 3.09. The Bertz CT molecular complexity index is 814. The molecule has 0 radical (unpaired) electrons. The van der Waals surface area contributed by atoms with Gasteiger partial charge in [0.2, 0.25) is 5.90 Å². The van der Waals surface area contributed by atoms with E-state index in [0.717, 1.165) is 29.7 Å². The standard InChI is InChI=1S/C18H14N2OS/c19-9-15-16(12-7-8-22-10-12)14-6-5-11-3-1-2-4-13(11)17(14)21-18(15)20/h1-4,7-8,10,15-16,20H,5-6H2. The zero-order chi connectivity index (χ0) is 15.1. The SMILES string of the molecule is N#CC1C(=N)OC2=C(CCc3ccccc32)C1c1ccsc1. The summed E-state index contributed by atoms with van der Waals surface area (Å²) < 4.78 is 5.79. The van der Waals surface area contributed by atoms with Crippen molar-refractivity contribution in [3.63, 3.8) is 0 Å². The third-order valence-electron chi connectivity index (χ3n) is 4.46. The van der Waals surface area contributed by atoms with Crippen molar-refractivity contribution in [3.05, 3.63) is 63.4 Å². The van der Waals surface area contributed by atoms with Crippen molar-refractivity contribution >= 4 is 23.0 Å². The normalized spacial score (nSPS) is 23.3. The molecule has 2 aliphatic rings. The predicted molar refractivity (Wildman–Crippen MR) is 86.7 cm³/mol. The van der Waals surface area contributed by atoms with Crippen LogP contribution in [-0.4, -0.2) is 5.90 Å². The molecule has 0 spiro atoms. The van der Waals surface area contributed by atoms with Crippen molar-refractivity contribution in [2.24, 2.45) is 5.92 Å². The molecule has 2 aromatic rings. The van der Waals surface area contributed by atoms with Crippen LogP contribution >= 0.6 is 11.3 Å². The molecule has 2 atom stereocenters. The highest BCUT2D eigenvalue weighted by atomic mass is 32.1. The van der Waals surface area contributed by atoms with Crippen LogP contribution < -0.4 is 0 Å². The van der Waals surface area contributed by atoms with Gasteiger partial charge in [-0.05, 0) is 46.4 Å². The minimum atomic E-state index is -0.529. The fraction of sp³-hybridized carbons (Fsp3) is 0.222. The highest BCUT2D eigenvalue weighted by Gasteiger charge is 2.40. The molecule has 108 valence electrons. The van der Waals surface area contributed by atoms with E-state index in [1.54, 1.807) is 11.3 Å². The van der Waals surface area contributed by atoms with Crippen LogP contribution in [0.4, 0.5) is 0 Å². The van der Waals surface area contributed by atoms with Gasteiger partial charge in [-0.3, -0.25) is 5.41 Å². The Morgan fingerprint density at radius 2 is 2.09 bits per heavy atom. The maximum atomic E-state index is 9.53. The van der Waals surface area contributed by atoms with Crippen molar-refractivity contribution in [1.82, 2.24) is 0 Å². The highest BCUT2D eigenvalue weighted by Crippen LogP contribution is 2.47. The van der Waals surface area contributed by atoms with E-state index >= 15 is 0 Å². The second kappa shape index (κ2) is 5.11. The number of nitriles is 1. The van der Waals surface area contributed by atoms with Gasteiger partial charge in [0.1, 0.15) is 11.7 Å². The minimum absolute atomic E-state index is 0.0548. The number of aryl methyl sites for hydroxylation is 1. The Morgan fingerprint density at radius 3 is 2.86 bits per heavy atom. The van der Waals surface area contributed by atoms with E-state index in [0.29, 0.717) is 0 Å². The van der Waals surface area contributed by atoms with Gasteiger partial charge in [0, 0.05) is 11.5 Å². The molecule has 1 aromatic carbocycles. The number of hydrogen-bond donors (Lipinski definition) is 1. The first-order valence-corrected chi connectivity index (χ1v) is 8.23. The number of nitrogens with zero attached hydrogens (tertiary/aromatic N) is 1. The lowest BCUT2D eigenvalue weighted by Gasteiger charge is -2.35. The van der Waals surface area contributed by atoms with E-state index in [-0.39, 0.29) is 11.8 Å². The van der Waals surface area contributed by atoms with Crippen LogP contribution in [0.1, 0.15) is 29.0 Å². The van der Waals surface area contributed by atoms with Crippen LogP contribution in [0.5, 0.6) is 0 Å². The Labute approximate surface area is 133 Å². The van der Waals surface area contributed by atoms with Crippen molar-refractivity contribution in [1.29, 1.82) is 10.7 Å². The monoisotopic (exact) mass is 306 g/mol. The zero-order valence-electron chi connectivity index (χ0n) is 11.9. The van der Waals surface area contributed by atoms with E-state index in [9.17, 15) is 5.26 Å². The molecule has 1 aliphatic heterocycles. The number of nitrogens with one attached hydrogen (secondary N) is 1. The second-order valence-electron chi connectivity index (χ2n) is 5.62. The van der Waals surface area contributed by atoms with Crippen LogP contribution in [0.3, 0.4) is 0 Å². The maximum absolute atomic E-state index is 9.53. The fourth-order valence-corrected chi connectivity index (χ4v) is 4.13. The summed E-state index contributed by atoms with van der Waals surface area (Å²) in [7, 11) is 0. The summed E-state index contributed by atoms with van der Waals surface area (Å²) in [6, 6.07) is 12.5. The number of fused-ring (bicyclic) bond motifs is 2. The Hall–Kier alpha value is -2.38. The number of rotatable bonds is 1. The third-order valence-corrected chi connectivity index (χ3v) is 5.16. The summed E-state index contributed by atoms with van der Waals surface area (Å²) in [4.78, 5) is 0. The topological polar surface area (TPSA) is 56.9 Å². The summed E-state index contributed by atoms with van der Waals surface area (Å²) >= 11 is 1.63. The zero-order valence-corrected chi connectivity index (χ0v) is 12.7. The number of thiophene rings is 1. The molecule has 4 heteroatoms. The lowest BCUT2D eigenvalue weighted by Crippen LogP contribution is -2.31. The van der Waals surface area contributed by atoms with E-state index in [1.807, 2.05) is 17.5 Å². The van der Waals surface area contributed by atoms with Crippen LogP contribution in [0.15, 0.2) is 46.7 Å². The summed E-state index contributed by atoms with van der Waals surface area (Å²) in [5, 5.41) is 21.8. The lowest BCUT2D eigenvalue weighted by molar-refractivity contribution is 0.410. The molecule has 0 saturated carbocycles. The van der Waals surface area contributed by atoms with E-state index in [2.05, 4.69) is 29.6 Å². The van der Waals surface area contributed by atoms with Gasteiger partial charge in [-0.15, -0.1) is 0 Å². The lowest BCUT2D eigenvalue weighted by atomic mass is 9.74. The number of allylic oxidation sites excluding steroid dienone is 1. The second-order valence-corrected chi connectivity index (χ2v) is 6.40. The average molecular weight is 306 g/mol. The summed E-state index contributed by atoms with van der Waals surface area (Å²) in [6.45, 7) is 0. The van der Waals surface area contributed by atoms with Gasteiger partial charge in [-0.2, -0.15) is 16.6 Å². The first-order chi connectivity index (χ1) is 10.8. The van der Waals surface area contributed by atoms with Gasteiger partial charge in [-0.25, -0.2) is 0 Å². The molecule has 1 aromatic heterocycles. The van der Waals surface area contributed by atoms with Gasteiger partial charge < -0.3 is 4.74 Å². The van der Waals surface area contributed by atoms with Crippen LogP contribution in [-0.2, 0) is 11.2 Å². The van der Waals surface area contributed by atoms with E-state index < -0.39 is 5.92 Å². The summed E-state index contributed by atoms with van der Waals surface area (Å²) in [5.41, 5.74) is 4.62. The van der Waals surface area contributed by atoms with E-state index in [4.69, 9.17) is 10.1 Å². The van der Waals surface area contributed by atoms with Crippen molar-refractivity contribution in [2.45, 2.75) is 18.8 Å². The maximum Gasteiger partial charge on any atom is 0.205 e. The van der Waals surface area contributed by atoms with Gasteiger partial charge in [0.05, 0.1) is 6.07 Å². The molecule has 1 N–H and O–H groups in total. The molecule has 22 heavy (non-hydrogen) atoms. The largest absolute Gasteiger partial charge is 0.442 e. The number of hydrogen-bond acceptors (Lipinski definition) is 4. The molecule has 0 bridgehead atoms. The molecule has 0 amide bonds. The first kappa shape index (κ1) is 13.3. The van der Waals surface area contributed by atoms with Crippen molar-refractivity contribution in [3.8, 4) is 6.07 Å². The molecule has 0 saturated heterocycles. The molecule has 2 heterocycles. The molecule has 0 fully saturated rings. The molecule has 3 nitrogen and oxygen atoms in total. The molecular weight excluding hydrogens is 292 g/mol. The number of benzene rings is 1. The number of ether oxygens (including phenoxy) is 1. The van der Waals surface area contributed by atoms with Gasteiger partial charge in [-0.1, -0.05) is 24.3 Å². The molecule has 4 rings (SSSR count). The average Bonchev–Trinajstić information content (AvgIpc) is 3.07. The molecule has 2 unspecified atom stereocenters. The third kappa shape index (κ3) is 1.90. The van der Waals surface area contributed by atoms with Crippen molar-refractivity contribution in [2.75, 3.05) is 0 Å². The highest BCUT2D eigenvalue weighted by molar-refractivity contribution is 7.08.